The van der Waals surface area contributed by atoms with Crippen LogP contribution in [0.4, 0.5) is 11.4 Å². The molecule has 1 unspecified atom stereocenters. The standard InChI is InChI=1S/C19H22N2O2/c1-4-14(3)16-10-5-6-11-17(16)21-19(23)18(22)20-15-9-7-8-13(2)12-15/h5-12,14H,4H2,1-3H3,(H,20,22)(H,21,23). The van der Waals surface area contributed by atoms with Crippen LogP contribution in [0.15, 0.2) is 48.5 Å². The monoisotopic (exact) mass is 310 g/mol. The minimum absolute atomic E-state index is 0.311. The highest BCUT2D eigenvalue weighted by Crippen LogP contribution is 2.26. The molecule has 4 nitrogen and oxygen atoms in total. The normalized spacial score (nSPS) is 11.6. The largest absolute Gasteiger partial charge is 0.318 e. The molecule has 2 aromatic rings. The summed E-state index contributed by atoms with van der Waals surface area (Å²) in [6.45, 7) is 6.11. The lowest BCUT2D eigenvalue weighted by molar-refractivity contribution is -0.133. The number of anilines is 2. The van der Waals surface area contributed by atoms with Crippen molar-refractivity contribution in [1.82, 2.24) is 0 Å². The third-order valence-electron chi connectivity index (χ3n) is 3.83. The molecule has 0 fully saturated rings. The number of carbonyl (C=O) groups excluding carboxylic acids is 2. The van der Waals surface area contributed by atoms with Crippen LogP contribution < -0.4 is 10.6 Å². The lowest BCUT2D eigenvalue weighted by Gasteiger charge is -2.15. The van der Waals surface area contributed by atoms with E-state index in [1.54, 1.807) is 6.07 Å². The van der Waals surface area contributed by atoms with Crippen molar-refractivity contribution in [3.05, 3.63) is 59.7 Å². The predicted octanol–water partition coefficient (Wildman–Crippen LogP) is 4.09. The van der Waals surface area contributed by atoms with E-state index in [4.69, 9.17) is 0 Å². The number of amides is 2. The Kier molecular flexibility index (Phi) is 5.52. The molecule has 2 rings (SSSR count). The van der Waals surface area contributed by atoms with Crippen molar-refractivity contribution in [2.75, 3.05) is 10.6 Å². The van der Waals surface area contributed by atoms with E-state index >= 15 is 0 Å². The smallest absolute Gasteiger partial charge is 0.314 e. The fraction of sp³-hybridized carbons (Fsp3) is 0.263. The van der Waals surface area contributed by atoms with Gasteiger partial charge in [-0.2, -0.15) is 0 Å². The van der Waals surface area contributed by atoms with E-state index in [0.717, 1.165) is 17.5 Å². The molecule has 0 saturated carbocycles. The number of rotatable bonds is 4. The van der Waals surface area contributed by atoms with E-state index in [1.165, 1.54) is 0 Å². The molecule has 4 heteroatoms. The van der Waals surface area contributed by atoms with Crippen molar-refractivity contribution >= 4 is 23.2 Å². The maximum atomic E-state index is 12.1. The number of aryl methyl sites for hydroxylation is 1. The number of hydrogen-bond donors (Lipinski definition) is 2. The lowest BCUT2D eigenvalue weighted by atomic mass is 9.97. The number of carbonyl (C=O) groups is 2. The van der Waals surface area contributed by atoms with E-state index in [0.29, 0.717) is 17.3 Å². The van der Waals surface area contributed by atoms with Crippen LogP contribution in [0.3, 0.4) is 0 Å². The second-order valence-electron chi connectivity index (χ2n) is 5.67. The zero-order chi connectivity index (χ0) is 16.8. The van der Waals surface area contributed by atoms with Crippen LogP contribution in [0.2, 0.25) is 0 Å². The molecule has 1 atom stereocenters. The summed E-state index contributed by atoms with van der Waals surface area (Å²) in [5.74, 6) is -1.02. The summed E-state index contributed by atoms with van der Waals surface area (Å²) in [4.78, 5) is 24.2. The first kappa shape index (κ1) is 16.7. The third kappa shape index (κ3) is 4.42. The maximum absolute atomic E-state index is 12.1. The van der Waals surface area contributed by atoms with Crippen LogP contribution in [0.1, 0.15) is 37.3 Å². The Morgan fingerprint density at radius 2 is 1.70 bits per heavy atom. The van der Waals surface area contributed by atoms with Crippen molar-refractivity contribution in [2.45, 2.75) is 33.1 Å². The van der Waals surface area contributed by atoms with Gasteiger partial charge in [0.2, 0.25) is 0 Å². The van der Waals surface area contributed by atoms with E-state index < -0.39 is 11.8 Å². The van der Waals surface area contributed by atoms with E-state index in [-0.39, 0.29) is 0 Å². The average molecular weight is 310 g/mol. The molecule has 2 aromatic carbocycles. The summed E-state index contributed by atoms with van der Waals surface area (Å²) in [6, 6.07) is 14.9. The second-order valence-corrected chi connectivity index (χ2v) is 5.67. The Balaban J connectivity index is 2.08. The average Bonchev–Trinajstić information content (AvgIpc) is 2.54. The van der Waals surface area contributed by atoms with Gasteiger partial charge in [-0.15, -0.1) is 0 Å². The number of hydrogen-bond acceptors (Lipinski definition) is 2. The van der Waals surface area contributed by atoms with Gasteiger partial charge in [0.1, 0.15) is 0 Å². The second kappa shape index (κ2) is 7.58. The zero-order valence-corrected chi connectivity index (χ0v) is 13.7. The van der Waals surface area contributed by atoms with Crippen LogP contribution in [-0.2, 0) is 9.59 Å². The van der Waals surface area contributed by atoms with Gasteiger partial charge < -0.3 is 10.6 Å². The first-order valence-electron chi connectivity index (χ1n) is 7.79. The fourth-order valence-corrected chi connectivity index (χ4v) is 2.35. The molecule has 0 radical (unpaired) electrons. The number of benzene rings is 2. The van der Waals surface area contributed by atoms with Crippen LogP contribution in [0.25, 0.3) is 0 Å². The Bertz CT molecular complexity index is 710. The van der Waals surface area contributed by atoms with Crippen molar-refractivity contribution in [1.29, 1.82) is 0 Å². The highest BCUT2D eigenvalue weighted by atomic mass is 16.2. The number of nitrogens with one attached hydrogen (secondary N) is 2. The van der Waals surface area contributed by atoms with E-state index in [1.807, 2.05) is 49.4 Å². The Morgan fingerprint density at radius 1 is 1.00 bits per heavy atom. The van der Waals surface area contributed by atoms with Crippen LogP contribution in [0, 0.1) is 6.92 Å². The highest BCUT2D eigenvalue weighted by molar-refractivity contribution is 6.43. The predicted molar refractivity (Wildman–Crippen MR) is 93.6 cm³/mol. The fourth-order valence-electron chi connectivity index (χ4n) is 2.35. The Labute approximate surface area is 136 Å². The van der Waals surface area contributed by atoms with Gasteiger partial charge in [0.25, 0.3) is 0 Å². The quantitative estimate of drug-likeness (QED) is 0.836. The van der Waals surface area contributed by atoms with Crippen LogP contribution in [0.5, 0.6) is 0 Å². The minimum atomic E-state index is -0.672. The Hall–Kier alpha value is -2.62. The van der Waals surface area contributed by atoms with Gasteiger partial charge in [0.05, 0.1) is 0 Å². The molecule has 2 amide bonds. The van der Waals surface area contributed by atoms with Gasteiger partial charge in [-0.25, -0.2) is 0 Å². The molecular formula is C19H22N2O2. The van der Waals surface area contributed by atoms with Gasteiger partial charge in [-0.05, 0) is 48.6 Å². The molecule has 23 heavy (non-hydrogen) atoms. The van der Waals surface area contributed by atoms with Gasteiger partial charge in [0.15, 0.2) is 0 Å². The lowest BCUT2D eigenvalue weighted by Crippen LogP contribution is -2.29. The van der Waals surface area contributed by atoms with Gasteiger partial charge >= 0.3 is 11.8 Å². The molecular weight excluding hydrogens is 288 g/mol. The first-order valence-corrected chi connectivity index (χ1v) is 7.79. The molecule has 0 aliphatic carbocycles. The van der Waals surface area contributed by atoms with Gasteiger partial charge in [-0.1, -0.05) is 44.2 Å². The Morgan fingerprint density at radius 3 is 2.39 bits per heavy atom. The molecule has 0 bridgehead atoms. The number of para-hydroxylation sites is 1. The summed E-state index contributed by atoms with van der Waals surface area (Å²) in [5.41, 5.74) is 3.35. The highest BCUT2D eigenvalue weighted by Gasteiger charge is 2.17. The summed E-state index contributed by atoms with van der Waals surface area (Å²) < 4.78 is 0. The molecule has 0 aliphatic rings. The zero-order valence-electron chi connectivity index (χ0n) is 13.7. The van der Waals surface area contributed by atoms with Gasteiger partial charge in [0, 0.05) is 11.4 Å². The van der Waals surface area contributed by atoms with Crippen LogP contribution in [-0.4, -0.2) is 11.8 Å². The summed E-state index contributed by atoms with van der Waals surface area (Å²) in [6.07, 6.45) is 0.961. The molecule has 0 aromatic heterocycles. The summed E-state index contributed by atoms with van der Waals surface area (Å²) in [7, 11) is 0. The van der Waals surface area contributed by atoms with E-state index in [2.05, 4.69) is 24.5 Å². The molecule has 0 spiro atoms. The maximum Gasteiger partial charge on any atom is 0.314 e. The molecule has 120 valence electrons. The minimum Gasteiger partial charge on any atom is -0.318 e. The van der Waals surface area contributed by atoms with Crippen molar-refractivity contribution in [2.24, 2.45) is 0 Å². The van der Waals surface area contributed by atoms with Crippen molar-refractivity contribution < 1.29 is 9.59 Å². The van der Waals surface area contributed by atoms with E-state index in [9.17, 15) is 9.59 Å². The van der Waals surface area contributed by atoms with Crippen molar-refractivity contribution in [3.8, 4) is 0 Å². The molecule has 0 heterocycles. The molecule has 0 aliphatic heterocycles. The van der Waals surface area contributed by atoms with Gasteiger partial charge in [-0.3, -0.25) is 9.59 Å². The molecule has 0 saturated heterocycles. The first-order chi connectivity index (χ1) is 11.0. The third-order valence-corrected chi connectivity index (χ3v) is 3.83. The topological polar surface area (TPSA) is 58.2 Å². The van der Waals surface area contributed by atoms with Crippen LogP contribution >= 0.6 is 0 Å². The molecule has 2 N–H and O–H groups in total. The SMILES string of the molecule is CCC(C)c1ccccc1NC(=O)C(=O)Nc1cccc(C)c1. The van der Waals surface area contributed by atoms with Crippen molar-refractivity contribution in [3.63, 3.8) is 0 Å². The summed E-state index contributed by atoms with van der Waals surface area (Å²) >= 11 is 0. The summed E-state index contributed by atoms with van der Waals surface area (Å²) in [5, 5.41) is 5.32.